The Bertz CT molecular complexity index is 1270. The minimum Gasteiger partial charge on any atom is -0.392 e. The van der Waals surface area contributed by atoms with Crippen LogP contribution >= 0.6 is 11.3 Å². The fourth-order valence-corrected chi connectivity index (χ4v) is 8.81. The van der Waals surface area contributed by atoms with Crippen LogP contribution in [0.2, 0.25) is 0 Å². The molecule has 0 spiro atoms. The lowest BCUT2D eigenvalue weighted by molar-refractivity contribution is -0.134. The first-order valence-electron chi connectivity index (χ1n) is 15.4. The van der Waals surface area contributed by atoms with Gasteiger partial charge in [-0.05, 0) is 74.1 Å². The Kier molecular flexibility index (Phi) is 8.00. The molecule has 222 valence electrons. The third kappa shape index (κ3) is 5.96. The van der Waals surface area contributed by atoms with Crippen molar-refractivity contribution in [2.24, 2.45) is 23.2 Å². The highest BCUT2D eigenvalue weighted by Crippen LogP contribution is 2.57. The number of hydrogen-bond donors (Lipinski definition) is 3. The summed E-state index contributed by atoms with van der Waals surface area (Å²) in [6, 6.07) is 8.25. The van der Waals surface area contributed by atoms with Crippen LogP contribution in [0.3, 0.4) is 0 Å². The van der Waals surface area contributed by atoms with Gasteiger partial charge in [0.25, 0.3) is 5.91 Å². The van der Waals surface area contributed by atoms with Crippen molar-refractivity contribution < 1.29 is 14.7 Å². The van der Waals surface area contributed by atoms with E-state index in [1.165, 1.54) is 10.4 Å². The van der Waals surface area contributed by atoms with E-state index >= 15 is 0 Å². The molecule has 2 saturated carbocycles. The number of thiazole rings is 1. The number of benzene rings is 1. The van der Waals surface area contributed by atoms with Crippen LogP contribution in [0.15, 0.2) is 24.3 Å². The summed E-state index contributed by atoms with van der Waals surface area (Å²) >= 11 is 1.57. The topological polar surface area (TPSA) is 97.8 Å². The highest BCUT2D eigenvalue weighted by atomic mass is 32.1. The maximum absolute atomic E-state index is 13.1. The molecule has 1 aromatic carbocycles. The Labute approximate surface area is 247 Å². The van der Waals surface area contributed by atoms with Gasteiger partial charge in [0.15, 0.2) is 5.13 Å². The molecule has 0 bridgehead atoms. The monoisotopic (exact) mass is 579 g/mol. The van der Waals surface area contributed by atoms with Crippen LogP contribution in [0.1, 0.15) is 78.9 Å². The van der Waals surface area contributed by atoms with E-state index in [4.69, 9.17) is 4.98 Å². The predicted octanol–water partition coefficient (Wildman–Crippen LogP) is 4.11. The minimum atomic E-state index is -0.555. The van der Waals surface area contributed by atoms with E-state index in [0.29, 0.717) is 16.7 Å². The smallest absolute Gasteiger partial charge is 0.257 e. The SMILES string of the molecule is C[C@H](C(=O)NC1CC1)[C@H]1CC[C@]2(C)Cc3sc(NC(=O)c4ccc(CN5CCN(C)CC5)cc4)nc3[C@@H](C)[C@@H]2[C@H]1O. The number of piperazine rings is 1. The van der Waals surface area contributed by atoms with Crippen LogP contribution in [0, 0.1) is 23.2 Å². The number of nitrogens with one attached hydrogen (secondary N) is 2. The van der Waals surface area contributed by atoms with E-state index < -0.39 is 6.10 Å². The molecular formula is C32H45N5O3S. The molecule has 2 amide bonds. The summed E-state index contributed by atoms with van der Waals surface area (Å²) in [5.74, 6) is -0.237. The van der Waals surface area contributed by atoms with Crippen LogP contribution in [-0.4, -0.2) is 77.1 Å². The number of carbonyl (C=O) groups excluding carboxylic acids is 2. The van der Waals surface area contributed by atoms with Gasteiger partial charge >= 0.3 is 0 Å². The highest BCUT2D eigenvalue weighted by Gasteiger charge is 2.54. The second-order valence-corrected chi connectivity index (χ2v) is 14.6. The molecule has 6 rings (SSSR count). The number of nitrogens with zero attached hydrogens (tertiary/aromatic N) is 3. The van der Waals surface area contributed by atoms with Gasteiger partial charge in [-0.25, -0.2) is 4.98 Å². The van der Waals surface area contributed by atoms with E-state index in [1.54, 1.807) is 11.3 Å². The molecule has 9 heteroatoms. The standard InChI is InChI=1S/C32H45N5O3S/c1-19(29(39)33-23-9-10-23)24-11-12-32(3)17-25-27(20(2)26(32)28(24)38)34-31(41-25)35-30(40)22-7-5-21(6-8-22)18-37-15-13-36(4)14-16-37/h5-8,19-20,23-24,26,28,38H,9-18H2,1-4H3,(H,33,39)(H,34,35,40)/t19-,20-,24+,26+,28-,32+/m0/s1. The van der Waals surface area contributed by atoms with Gasteiger partial charge in [0, 0.05) is 61.0 Å². The van der Waals surface area contributed by atoms with Gasteiger partial charge in [0.05, 0.1) is 11.8 Å². The van der Waals surface area contributed by atoms with Crippen LogP contribution in [-0.2, 0) is 17.8 Å². The predicted molar refractivity (Wildman–Crippen MR) is 162 cm³/mol. The number of fused-ring (bicyclic) bond motifs is 2. The number of rotatable bonds is 7. The molecule has 1 saturated heterocycles. The Morgan fingerprint density at radius 2 is 1.85 bits per heavy atom. The van der Waals surface area contributed by atoms with Crippen molar-refractivity contribution in [1.82, 2.24) is 20.1 Å². The van der Waals surface area contributed by atoms with E-state index in [1.807, 2.05) is 19.1 Å². The first kappa shape index (κ1) is 28.8. The van der Waals surface area contributed by atoms with Crippen molar-refractivity contribution in [2.45, 2.75) is 77.5 Å². The van der Waals surface area contributed by atoms with E-state index in [9.17, 15) is 14.7 Å². The highest BCUT2D eigenvalue weighted by molar-refractivity contribution is 7.15. The molecular weight excluding hydrogens is 534 g/mol. The zero-order valence-corrected chi connectivity index (χ0v) is 25.7. The fourth-order valence-electron chi connectivity index (χ4n) is 7.55. The first-order valence-corrected chi connectivity index (χ1v) is 16.2. The van der Waals surface area contributed by atoms with Gasteiger partial charge in [-0.15, -0.1) is 11.3 Å². The average Bonchev–Trinajstić information content (AvgIpc) is 3.67. The van der Waals surface area contributed by atoms with Crippen molar-refractivity contribution in [1.29, 1.82) is 0 Å². The summed E-state index contributed by atoms with van der Waals surface area (Å²) in [6.07, 6.45) is 4.25. The fraction of sp³-hybridized carbons (Fsp3) is 0.656. The summed E-state index contributed by atoms with van der Waals surface area (Å²) in [5.41, 5.74) is 2.79. The van der Waals surface area contributed by atoms with Crippen molar-refractivity contribution in [3.05, 3.63) is 46.0 Å². The number of hydrogen-bond acceptors (Lipinski definition) is 7. The molecule has 0 unspecified atom stereocenters. The maximum atomic E-state index is 13.1. The molecule has 4 aliphatic rings. The third-order valence-corrected chi connectivity index (χ3v) is 11.3. The number of carbonyl (C=O) groups is 2. The number of likely N-dealkylation sites (N-methyl/N-ethyl adjacent to an activating group) is 1. The number of amides is 2. The van der Waals surface area contributed by atoms with E-state index in [0.717, 1.165) is 70.5 Å². The molecule has 3 fully saturated rings. The lowest BCUT2D eigenvalue weighted by Crippen LogP contribution is -2.53. The van der Waals surface area contributed by atoms with Gasteiger partial charge in [0.1, 0.15) is 0 Å². The molecule has 3 N–H and O–H groups in total. The second-order valence-electron chi connectivity index (χ2n) is 13.5. The largest absolute Gasteiger partial charge is 0.392 e. The van der Waals surface area contributed by atoms with Gasteiger partial charge in [-0.1, -0.05) is 32.9 Å². The Balaban J connectivity index is 1.11. The van der Waals surface area contributed by atoms with Crippen molar-refractivity contribution in [2.75, 3.05) is 38.5 Å². The zero-order valence-electron chi connectivity index (χ0n) is 24.9. The number of anilines is 1. The van der Waals surface area contributed by atoms with Crippen molar-refractivity contribution in [3.63, 3.8) is 0 Å². The minimum absolute atomic E-state index is 0.0309. The molecule has 41 heavy (non-hydrogen) atoms. The van der Waals surface area contributed by atoms with Crippen molar-refractivity contribution in [3.8, 4) is 0 Å². The average molecular weight is 580 g/mol. The van der Waals surface area contributed by atoms with E-state index in [-0.39, 0.29) is 40.9 Å². The summed E-state index contributed by atoms with van der Waals surface area (Å²) < 4.78 is 0. The molecule has 2 heterocycles. The molecule has 2 aromatic rings. The Morgan fingerprint density at radius 3 is 2.54 bits per heavy atom. The number of aliphatic hydroxyl groups excluding tert-OH is 1. The molecule has 8 nitrogen and oxygen atoms in total. The number of aromatic nitrogens is 1. The lowest BCUT2D eigenvalue weighted by atomic mass is 9.53. The molecule has 1 aromatic heterocycles. The lowest BCUT2D eigenvalue weighted by Gasteiger charge is -2.53. The van der Waals surface area contributed by atoms with Crippen LogP contribution in [0.5, 0.6) is 0 Å². The maximum Gasteiger partial charge on any atom is 0.257 e. The Hall–Kier alpha value is -2.33. The molecule has 0 radical (unpaired) electrons. The normalized spacial score (nSPS) is 31.1. The molecule has 3 aliphatic carbocycles. The van der Waals surface area contributed by atoms with Crippen LogP contribution in [0.4, 0.5) is 5.13 Å². The van der Waals surface area contributed by atoms with Gasteiger partial charge in [-0.2, -0.15) is 0 Å². The second kappa shape index (κ2) is 11.4. The van der Waals surface area contributed by atoms with Crippen molar-refractivity contribution >= 4 is 28.3 Å². The molecule has 1 aliphatic heterocycles. The van der Waals surface area contributed by atoms with Gasteiger partial charge < -0.3 is 15.3 Å². The third-order valence-electron chi connectivity index (χ3n) is 10.3. The first-order chi connectivity index (χ1) is 19.6. The van der Waals surface area contributed by atoms with E-state index in [2.05, 4.69) is 53.5 Å². The van der Waals surface area contributed by atoms with Crippen LogP contribution < -0.4 is 10.6 Å². The van der Waals surface area contributed by atoms with Gasteiger partial charge in [0.2, 0.25) is 5.91 Å². The Morgan fingerprint density at radius 1 is 1.15 bits per heavy atom. The summed E-state index contributed by atoms with van der Waals surface area (Å²) in [5, 5.41) is 18.5. The molecule has 6 atom stereocenters. The van der Waals surface area contributed by atoms with Crippen LogP contribution in [0.25, 0.3) is 0 Å². The summed E-state index contributed by atoms with van der Waals surface area (Å²) in [7, 11) is 2.16. The zero-order chi connectivity index (χ0) is 28.9. The summed E-state index contributed by atoms with van der Waals surface area (Å²) in [4.78, 5) is 36.9. The quantitative estimate of drug-likeness (QED) is 0.457. The summed E-state index contributed by atoms with van der Waals surface area (Å²) in [6.45, 7) is 11.6. The number of aliphatic hydroxyl groups is 1. The van der Waals surface area contributed by atoms with Gasteiger partial charge in [-0.3, -0.25) is 19.8 Å².